The van der Waals surface area contributed by atoms with E-state index in [4.69, 9.17) is 4.74 Å². The molecule has 1 aromatic carbocycles. The first kappa shape index (κ1) is 14.4. The van der Waals surface area contributed by atoms with E-state index in [1.165, 1.54) is 18.4 Å². The van der Waals surface area contributed by atoms with Crippen molar-refractivity contribution < 1.29 is 4.74 Å². The van der Waals surface area contributed by atoms with Crippen molar-refractivity contribution in [3.05, 3.63) is 29.8 Å². The van der Waals surface area contributed by atoms with Gasteiger partial charge in [0.25, 0.3) is 0 Å². The van der Waals surface area contributed by atoms with Crippen LogP contribution in [0.5, 0.6) is 5.75 Å². The number of hydrogen-bond acceptors (Lipinski definition) is 2. The van der Waals surface area contributed by atoms with E-state index in [2.05, 4.69) is 57.3 Å². The number of hydrogen-bond donors (Lipinski definition) is 1. The van der Waals surface area contributed by atoms with Gasteiger partial charge >= 0.3 is 0 Å². The summed E-state index contributed by atoms with van der Waals surface area (Å²) in [6.07, 6.45) is 2.73. The summed E-state index contributed by atoms with van der Waals surface area (Å²) in [6, 6.07) is 9.38. The lowest BCUT2D eigenvalue weighted by Crippen LogP contribution is -2.48. The highest BCUT2D eigenvalue weighted by atomic mass is 16.5. The Labute approximate surface area is 117 Å². The average molecular weight is 261 g/mol. The van der Waals surface area contributed by atoms with Gasteiger partial charge in [-0.1, -0.05) is 26.0 Å². The fourth-order valence-corrected chi connectivity index (χ4v) is 2.89. The van der Waals surface area contributed by atoms with E-state index < -0.39 is 0 Å². The summed E-state index contributed by atoms with van der Waals surface area (Å²) in [4.78, 5) is 0. The summed E-state index contributed by atoms with van der Waals surface area (Å²) in [5.41, 5.74) is 1.46. The third kappa shape index (κ3) is 3.50. The maximum Gasteiger partial charge on any atom is 0.119 e. The molecule has 1 fully saturated rings. The van der Waals surface area contributed by atoms with Crippen LogP contribution in [-0.2, 0) is 0 Å². The van der Waals surface area contributed by atoms with Crippen LogP contribution in [0.25, 0.3) is 0 Å². The Bertz CT molecular complexity index is 385. The van der Waals surface area contributed by atoms with Crippen molar-refractivity contribution in [1.29, 1.82) is 0 Å². The number of nitrogens with one attached hydrogen (secondary N) is 1. The van der Waals surface area contributed by atoms with Crippen molar-refractivity contribution in [1.82, 2.24) is 5.32 Å². The fourth-order valence-electron chi connectivity index (χ4n) is 2.89. The molecule has 1 aliphatic carbocycles. The highest BCUT2D eigenvalue weighted by molar-refractivity contribution is 5.31. The molecule has 1 aliphatic rings. The van der Waals surface area contributed by atoms with Crippen molar-refractivity contribution in [2.75, 3.05) is 6.54 Å². The molecule has 0 bridgehead atoms. The molecule has 0 amide bonds. The van der Waals surface area contributed by atoms with Crippen LogP contribution in [0.4, 0.5) is 0 Å². The van der Waals surface area contributed by atoms with Gasteiger partial charge in [-0.05, 0) is 62.8 Å². The Morgan fingerprint density at radius 2 is 1.95 bits per heavy atom. The van der Waals surface area contributed by atoms with Crippen LogP contribution in [0.15, 0.2) is 24.3 Å². The largest absolute Gasteiger partial charge is 0.491 e. The molecular weight excluding hydrogens is 234 g/mol. The van der Waals surface area contributed by atoms with Gasteiger partial charge in [0.2, 0.25) is 0 Å². The van der Waals surface area contributed by atoms with Gasteiger partial charge in [0.15, 0.2) is 0 Å². The zero-order chi connectivity index (χ0) is 13.8. The first-order valence-corrected chi connectivity index (χ1v) is 7.61. The monoisotopic (exact) mass is 261 g/mol. The highest BCUT2D eigenvalue weighted by Gasteiger charge is 2.37. The zero-order valence-electron chi connectivity index (χ0n) is 12.6. The summed E-state index contributed by atoms with van der Waals surface area (Å²) in [5, 5.41) is 3.63. The van der Waals surface area contributed by atoms with Crippen LogP contribution in [0.3, 0.4) is 0 Å². The van der Waals surface area contributed by atoms with Gasteiger partial charge in [-0.3, -0.25) is 0 Å². The van der Waals surface area contributed by atoms with Gasteiger partial charge in [0.1, 0.15) is 5.75 Å². The van der Waals surface area contributed by atoms with E-state index in [1.807, 2.05) is 0 Å². The van der Waals surface area contributed by atoms with Crippen LogP contribution < -0.4 is 10.1 Å². The smallest absolute Gasteiger partial charge is 0.119 e. The van der Waals surface area contributed by atoms with Gasteiger partial charge in [-0.2, -0.15) is 0 Å². The van der Waals surface area contributed by atoms with Crippen molar-refractivity contribution >= 4 is 0 Å². The molecule has 2 heteroatoms. The summed E-state index contributed by atoms with van der Waals surface area (Å²) in [7, 11) is 0. The maximum absolute atomic E-state index is 5.69. The SMILES string of the molecule is CCCNC1CC(c2ccc(OC(C)C)cc2)C1C. The molecule has 3 atom stereocenters. The zero-order valence-corrected chi connectivity index (χ0v) is 12.6. The minimum atomic E-state index is 0.246. The van der Waals surface area contributed by atoms with Crippen LogP contribution in [-0.4, -0.2) is 18.7 Å². The van der Waals surface area contributed by atoms with Gasteiger partial charge in [-0.15, -0.1) is 0 Å². The summed E-state index contributed by atoms with van der Waals surface area (Å²) < 4.78 is 5.69. The predicted octanol–water partition coefficient (Wildman–Crippen LogP) is 3.97. The molecule has 0 heterocycles. The number of benzene rings is 1. The normalized spacial score (nSPS) is 26.3. The molecule has 1 N–H and O–H groups in total. The molecule has 0 radical (unpaired) electrons. The molecule has 2 nitrogen and oxygen atoms in total. The Morgan fingerprint density at radius 1 is 1.26 bits per heavy atom. The second kappa shape index (κ2) is 6.42. The number of rotatable bonds is 6. The first-order valence-electron chi connectivity index (χ1n) is 7.61. The molecule has 2 rings (SSSR count). The Morgan fingerprint density at radius 3 is 2.47 bits per heavy atom. The molecule has 106 valence electrons. The number of ether oxygens (including phenoxy) is 1. The molecular formula is C17H27NO. The lowest BCUT2D eigenvalue weighted by molar-refractivity contribution is 0.184. The summed E-state index contributed by atoms with van der Waals surface area (Å²) in [6.45, 7) is 9.85. The Balaban J connectivity index is 1.90. The maximum atomic E-state index is 5.69. The molecule has 19 heavy (non-hydrogen) atoms. The van der Waals surface area contributed by atoms with Crippen LogP contribution in [0.2, 0.25) is 0 Å². The molecule has 0 aromatic heterocycles. The Kier molecular flexibility index (Phi) is 4.87. The average Bonchev–Trinajstić information content (AvgIpc) is 2.38. The van der Waals surface area contributed by atoms with Crippen LogP contribution in [0, 0.1) is 5.92 Å². The third-order valence-corrected chi connectivity index (χ3v) is 4.11. The summed E-state index contributed by atoms with van der Waals surface area (Å²) in [5.74, 6) is 2.43. The lowest BCUT2D eigenvalue weighted by atomic mass is 9.67. The molecule has 0 spiro atoms. The van der Waals surface area contributed by atoms with E-state index in [-0.39, 0.29) is 6.10 Å². The molecule has 0 aliphatic heterocycles. The van der Waals surface area contributed by atoms with Crippen LogP contribution in [0.1, 0.15) is 52.0 Å². The second-order valence-corrected chi connectivity index (χ2v) is 6.00. The fraction of sp³-hybridized carbons (Fsp3) is 0.647. The third-order valence-electron chi connectivity index (χ3n) is 4.11. The quantitative estimate of drug-likeness (QED) is 0.836. The van der Waals surface area contributed by atoms with Crippen molar-refractivity contribution in [2.45, 2.75) is 58.6 Å². The molecule has 3 unspecified atom stereocenters. The first-order chi connectivity index (χ1) is 9.11. The minimum Gasteiger partial charge on any atom is -0.491 e. The predicted molar refractivity (Wildman–Crippen MR) is 80.8 cm³/mol. The minimum absolute atomic E-state index is 0.246. The molecule has 1 aromatic rings. The van der Waals surface area contributed by atoms with Crippen molar-refractivity contribution in [3.63, 3.8) is 0 Å². The van der Waals surface area contributed by atoms with Gasteiger partial charge in [0, 0.05) is 6.04 Å². The summed E-state index contributed by atoms with van der Waals surface area (Å²) >= 11 is 0. The van der Waals surface area contributed by atoms with Gasteiger partial charge < -0.3 is 10.1 Å². The topological polar surface area (TPSA) is 21.3 Å². The van der Waals surface area contributed by atoms with E-state index in [1.54, 1.807) is 0 Å². The van der Waals surface area contributed by atoms with Crippen molar-refractivity contribution in [2.24, 2.45) is 5.92 Å². The highest BCUT2D eigenvalue weighted by Crippen LogP contribution is 2.42. The van der Waals surface area contributed by atoms with E-state index >= 15 is 0 Å². The molecule has 0 saturated heterocycles. The second-order valence-electron chi connectivity index (χ2n) is 6.00. The Hall–Kier alpha value is -1.02. The van der Waals surface area contributed by atoms with E-state index in [0.717, 1.165) is 18.2 Å². The van der Waals surface area contributed by atoms with E-state index in [0.29, 0.717) is 12.0 Å². The van der Waals surface area contributed by atoms with Gasteiger partial charge in [0.05, 0.1) is 6.10 Å². The molecule has 1 saturated carbocycles. The standard InChI is InChI=1S/C17H27NO/c1-5-10-18-17-11-16(13(17)4)14-6-8-15(9-7-14)19-12(2)3/h6-9,12-13,16-18H,5,10-11H2,1-4H3. The van der Waals surface area contributed by atoms with Crippen molar-refractivity contribution in [3.8, 4) is 5.75 Å². The van der Waals surface area contributed by atoms with E-state index in [9.17, 15) is 0 Å². The van der Waals surface area contributed by atoms with Crippen LogP contribution >= 0.6 is 0 Å². The van der Waals surface area contributed by atoms with Gasteiger partial charge in [-0.25, -0.2) is 0 Å². The lowest BCUT2D eigenvalue weighted by Gasteiger charge is -2.44.